The fraction of sp³-hybridized carbons (Fsp3) is 0.600. The predicted octanol–water partition coefficient (Wildman–Crippen LogP) is 2.13. The minimum Gasteiger partial charge on any atom is -0.496 e. The van der Waals surface area contributed by atoms with Gasteiger partial charge in [0.05, 0.1) is 19.7 Å². The van der Waals surface area contributed by atoms with Gasteiger partial charge in [-0.2, -0.15) is 0 Å². The Morgan fingerprint density at radius 1 is 1.18 bits per heavy atom. The molecule has 2 nitrogen and oxygen atoms in total. The number of para-hydroxylation sites is 1. The lowest BCUT2D eigenvalue weighted by Crippen LogP contribution is -2.90. The summed E-state index contributed by atoms with van der Waals surface area (Å²) in [4.78, 5) is 0. The van der Waals surface area contributed by atoms with Crippen molar-refractivity contribution in [3.05, 3.63) is 29.8 Å². The van der Waals surface area contributed by atoms with E-state index in [4.69, 9.17) is 4.74 Å². The number of quaternary nitrogens is 1. The zero-order valence-electron chi connectivity index (χ0n) is 10.8. The number of hydrogen-bond donors (Lipinski definition) is 1. The van der Waals surface area contributed by atoms with Crippen LogP contribution in [-0.2, 0) is 6.42 Å². The number of methoxy groups -OCH3 is 1. The van der Waals surface area contributed by atoms with Gasteiger partial charge in [-0.25, -0.2) is 0 Å². The molecule has 2 rings (SSSR count). The Bertz CT molecular complexity index is 331. The molecule has 1 aromatic rings. The average Bonchev–Trinajstić information content (AvgIpc) is 2.40. The summed E-state index contributed by atoms with van der Waals surface area (Å²) < 4.78 is 5.37. The van der Waals surface area contributed by atoms with Gasteiger partial charge in [0, 0.05) is 6.42 Å². The summed E-state index contributed by atoms with van der Waals surface area (Å²) in [6.45, 7) is 1.19. The summed E-state index contributed by atoms with van der Waals surface area (Å²) in [5, 5.41) is 2.53. The van der Waals surface area contributed by atoms with E-state index in [1.807, 2.05) is 6.07 Å². The monoisotopic (exact) mass is 234 g/mol. The SMILES string of the molecule is COc1ccccc1CC[NH2+]C1CCCCC1. The molecular weight excluding hydrogens is 210 g/mol. The van der Waals surface area contributed by atoms with Crippen LogP contribution < -0.4 is 10.1 Å². The molecule has 1 aliphatic rings. The van der Waals surface area contributed by atoms with E-state index in [1.165, 1.54) is 44.2 Å². The summed E-state index contributed by atoms with van der Waals surface area (Å²) in [7, 11) is 1.75. The highest BCUT2D eigenvalue weighted by molar-refractivity contribution is 5.33. The lowest BCUT2D eigenvalue weighted by Gasteiger charge is -2.20. The zero-order valence-corrected chi connectivity index (χ0v) is 10.8. The molecule has 94 valence electrons. The lowest BCUT2D eigenvalue weighted by molar-refractivity contribution is -0.691. The standard InChI is InChI=1S/C15H23NO/c1-17-15-10-6-5-7-13(15)11-12-16-14-8-3-2-4-9-14/h5-7,10,14,16H,2-4,8-9,11-12H2,1H3/p+1. The van der Waals surface area contributed by atoms with Crippen LogP contribution in [0, 0.1) is 0 Å². The first kappa shape index (κ1) is 12.4. The number of ether oxygens (including phenoxy) is 1. The Hall–Kier alpha value is -1.02. The molecule has 1 aromatic carbocycles. The number of hydrogen-bond acceptors (Lipinski definition) is 1. The van der Waals surface area contributed by atoms with Crippen molar-refractivity contribution in [2.75, 3.05) is 13.7 Å². The normalized spacial score (nSPS) is 17.0. The van der Waals surface area contributed by atoms with Crippen molar-refractivity contribution in [3.8, 4) is 5.75 Å². The molecule has 0 amide bonds. The molecule has 0 radical (unpaired) electrons. The Balaban J connectivity index is 1.77. The topological polar surface area (TPSA) is 25.8 Å². The van der Waals surface area contributed by atoms with Crippen molar-refractivity contribution in [2.24, 2.45) is 0 Å². The van der Waals surface area contributed by atoms with Crippen molar-refractivity contribution in [1.29, 1.82) is 0 Å². The summed E-state index contributed by atoms with van der Waals surface area (Å²) in [5.74, 6) is 1.03. The van der Waals surface area contributed by atoms with Gasteiger partial charge in [-0.1, -0.05) is 24.6 Å². The maximum Gasteiger partial charge on any atom is 0.122 e. The maximum atomic E-state index is 5.37. The van der Waals surface area contributed by atoms with Gasteiger partial charge in [0.1, 0.15) is 5.75 Å². The van der Waals surface area contributed by atoms with Gasteiger partial charge in [-0.3, -0.25) is 0 Å². The minimum absolute atomic E-state index is 0.874. The fourth-order valence-electron chi connectivity index (χ4n) is 2.75. The first-order valence-electron chi connectivity index (χ1n) is 6.85. The summed E-state index contributed by atoms with van der Waals surface area (Å²) >= 11 is 0. The van der Waals surface area contributed by atoms with E-state index < -0.39 is 0 Å². The van der Waals surface area contributed by atoms with Crippen molar-refractivity contribution in [3.63, 3.8) is 0 Å². The van der Waals surface area contributed by atoms with Crippen LogP contribution in [0.2, 0.25) is 0 Å². The zero-order chi connectivity index (χ0) is 11.9. The van der Waals surface area contributed by atoms with E-state index in [0.717, 1.165) is 18.2 Å². The summed E-state index contributed by atoms with van der Waals surface area (Å²) in [5.41, 5.74) is 1.34. The van der Waals surface area contributed by atoms with Crippen LogP contribution >= 0.6 is 0 Å². The second-order valence-corrected chi connectivity index (χ2v) is 4.98. The average molecular weight is 234 g/mol. The lowest BCUT2D eigenvalue weighted by atomic mass is 9.95. The van der Waals surface area contributed by atoms with E-state index in [0.29, 0.717) is 0 Å². The first-order chi connectivity index (χ1) is 8.40. The minimum atomic E-state index is 0.874. The highest BCUT2D eigenvalue weighted by Crippen LogP contribution is 2.17. The van der Waals surface area contributed by atoms with E-state index >= 15 is 0 Å². The predicted molar refractivity (Wildman–Crippen MR) is 70.4 cm³/mol. The van der Waals surface area contributed by atoms with Gasteiger partial charge in [-0.05, 0) is 37.3 Å². The van der Waals surface area contributed by atoms with Gasteiger partial charge in [-0.15, -0.1) is 0 Å². The molecule has 0 aliphatic heterocycles. The molecular formula is C15H24NO+. The number of benzene rings is 1. The van der Waals surface area contributed by atoms with E-state index in [2.05, 4.69) is 23.5 Å². The molecule has 1 aliphatic carbocycles. The van der Waals surface area contributed by atoms with Gasteiger partial charge in [0.25, 0.3) is 0 Å². The Morgan fingerprint density at radius 3 is 2.71 bits per heavy atom. The van der Waals surface area contributed by atoms with E-state index in [9.17, 15) is 0 Å². The summed E-state index contributed by atoms with van der Waals surface area (Å²) in [6.07, 6.45) is 8.22. The second kappa shape index (κ2) is 6.65. The molecule has 2 N–H and O–H groups in total. The van der Waals surface area contributed by atoms with Gasteiger partial charge in [0.2, 0.25) is 0 Å². The highest BCUT2D eigenvalue weighted by Gasteiger charge is 2.15. The molecule has 0 heterocycles. The van der Waals surface area contributed by atoms with Gasteiger partial charge >= 0.3 is 0 Å². The van der Waals surface area contributed by atoms with Crippen LogP contribution in [0.5, 0.6) is 5.75 Å². The third-order valence-corrected chi connectivity index (χ3v) is 3.76. The molecule has 1 saturated carbocycles. The highest BCUT2D eigenvalue weighted by atomic mass is 16.5. The largest absolute Gasteiger partial charge is 0.496 e. The van der Waals surface area contributed by atoms with Crippen molar-refractivity contribution >= 4 is 0 Å². The summed E-state index contributed by atoms with van der Waals surface area (Å²) in [6, 6.07) is 9.23. The van der Waals surface area contributed by atoms with Crippen LogP contribution in [0.4, 0.5) is 0 Å². The quantitative estimate of drug-likeness (QED) is 0.830. The maximum absolute atomic E-state index is 5.37. The third kappa shape index (κ3) is 3.74. The van der Waals surface area contributed by atoms with E-state index in [1.54, 1.807) is 7.11 Å². The molecule has 0 bridgehead atoms. The molecule has 0 saturated heterocycles. The molecule has 17 heavy (non-hydrogen) atoms. The van der Waals surface area contributed by atoms with Crippen LogP contribution in [0.25, 0.3) is 0 Å². The molecule has 0 unspecified atom stereocenters. The Morgan fingerprint density at radius 2 is 1.94 bits per heavy atom. The van der Waals surface area contributed by atoms with Crippen LogP contribution in [0.1, 0.15) is 37.7 Å². The van der Waals surface area contributed by atoms with Gasteiger partial charge in [0.15, 0.2) is 0 Å². The third-order valence-electron chi connectivity index (χ3n) is 3.76. The van der Waals surface area contributed by atoms with Crippen LogP contribution in [0.15, 0.2) is 24.3 Å². The molecule has 0 aromatic heterocycles. The molecule has 2 heteroatoms. The Labute approximate surface area is 104 Å². The van der Waals surface area contributed by atoms with Crippen molar-refractivity contribution in [1.82, 2.24) is 0 Å². The smallest absolute Gasteiger partial charge is 0.122 e. The first-order valence-corrected chi connectivity index (χ1v) is 6.85. The van der Waals surface area contributed by atoms with E-state index in [-0.39, 0.29) is 0 Å². The van der Waals surface area contributed by atoms with Crippen molar-refractivity contribution < 1.29 is 10.1 Å². The van der Waals surface area contributed by atoms with Crippen LogP contribution in [0.3, 0.4) is 0 Å². The van der Waals surface area contributed by atoms with Gasteiger partial charge < -0.3 is 10.1 Å². The fourth-order valence-corrected chi connectivity index (χ4v) is 2.75. The number of nitrogens with two attached hydrogens (primary N) is 1. The Kier molecular flexibility index (Phi) is 4.87. The molecule has 1 fully saturated rings. The molecule has 0 atom stereocenters. The van der Waals surface area contributed by atoms with Crippen molar-refractivity contribution in [2.45, 2.75) is 44.6 Å². The second-order valence-electron chi connectivity index (χ2n) is 4.98. The molecule has 0 spiro atoms. The number of rotatable bonds is 5. The van der Waals surface area contributed by atoms with Crippen LogP contribution in [-0.4, -0.2) is 19.7 Å².